The van der Waals surface area contributed by atoms with E-state index in [1.165, 1.54) is 12.3 Å². The van der Waals surface area contributed by atoms with E-state index in [9.17, 15) is 8.78 Å². The van der Waals surface area contributed by atoms with Crippen LogP contribution in [0, 0.1) is 6.92 Å². The zero-order chi connectivity index (χ0) is 14.6. The van der Waals surface area contributed by atoms with Crippen molar-refractivity contribution in [3.05, 3.63) is 47.7 Å². The van der Waals surface area contributed by atoms with Gasteiger partial charge in [-0.15, -0.1) is 0 Å². The van der Waals surface area contributed by atoms with Crippen LogP contribution in [0.5, 0.6) is 0 Å². The SMILES string of the molecule is CCc1nc(C)cnc1NCC(F)(F)c1ccccn1. The quantitative estimate of drug-likeness (QED) is 0.913. The molecule has 0 amide bonds. The predicted octanol–water partition coefficient (Wildman–Crippen LogP) is 2.95. The summed E-state index contributed by atoms with van der Waals surface area (Å²) in [5.41, 5.74) is 1.19. The van der Waals surface area contributed by atoms with Gasteiger partial charge < -0.3 is 5.32 Å². The van der Waals surface area contributed by atoms with E-state index >= 15 is 0 Å². The number of halogens is 2. The van der Waals surface area contributed by atoms with Gasteiger partial charge in [-0.25, -0.2) is 4.98 Å². The molecule has 0 bridgehead atoms. The molecule has 0 spiro atoms. The Labute approximate surface area is 116 Å². The topological polar surface area (TPSA) is 50.7 Å². The molecule has 6 heteroatoms. The maximum atomic E-state index is 14.0. The van der Waals surface area contributed by atoms with E-state index in [0.29, 0.717) is 17.9 Å². The van der Waals surface area contributed by atoms with Gasteiger partial charge in [0.2, 0.25) is 0 Å². The highest BCUT2D eigenvalue weighted by atomic mass is 19.3. The monoisotopic (exact) mass is 278 g/mol. The zero-order valence-electron chi connectivity index (χ0n) is 11.4. The Morgan fingerprint density at radius 1 is 1.25 bits per heavy atom. The molecule has 106 valence electrons. The fourth-order valence-corrected chi connectivity index (χ4v) is 1.79. The second-order valence-electron chi connectivity index (χ2n) is 4.43. The molecule has 0 aromatic carbocycles. The smallest absolute Gasteiger partial charge is 0.306 e. The van der Waals surface area contributed by atoms with E-state index in [1.807, 2.05) is 13.8 Å². The van der Waals surface area contributed by atoms with Crippen molar-refractivity contribution in [3.8, 4) is 0 Å². The van der Waals surface area contributed by atoms with Gasteiger partial charge in [0.1, 0.15) is 11.5 Å². The summed E-state index contributed by atoms with van der Waals surface area (Å²) in [6.07, 6.45) is 3.54. The summed E-state index contributed by atoms with van der Waals surface area (Å²) in [5.74, 6) is -2.66. The van der Waals surface area contributed by atoms with E-state index < -0.39 is 12.5 Å². The molecule has 2 heterocycles. The summed E-state index contributed by atoms with van der Waals surface area (Å²) < 4.78 is 28.0. The molecule has 0 aliphatic heterocycles. The lowest BCUT2D eigenvalue weighted by Gasteiger charge is -2.17. The van der Waals surface area contributed by atoms with Crippen LogP contribution in [-0.4, -0.2) is 21.5 Å². The third kappa shape index (κ3) is 3.26. The average molecular weight is 278 g/mol. The van der Waals surface area contributed by atoms with Gasteiger partial charge in [-0.2, -0.15) is 8.78 Å². The average Bonchev–Trinajstić information content (AvgIpc) is 2.46. The molecule has 0 radical (unpaired) electrons. The summed E-state index contributed by atoms with van der Waals surface area (Å²) in [6.45, 7) is 3.17. The number of hydrogen-bond donors (Lipinski definition) is 1. The molecule has 4 nitrogen and oxygen atoms in total. The molecule has 0 atom stereocenters. The molecule has 0 fully saturated rings. The third-order valence-corrected chi connectivity index (χ3v) is 2.82. The first-order valence-corrected chi connectivity index (χ1v) is 6.38. The minimum absolute atomic E-state index is 0.259. The number of nitrogens with one attached hydrogen (secondary N) is 1. The van der Waals surface area contributed by atoms with Gasteiger partial charge in [0.05, 0.1) is 24.1 Å². The van der Waals surface area contributed by atoms with Crippen LogP contribution >= 0.6 is 0 Å². The Morgan fingerprint density at radius 3 is 2.70 bits per heavy atom. The van der Waals surface area contributed by atoms with Gasteiger partial charge in [0.25, 0.3) is 0 Å². The standard InChI is InChI=1S/C14H16F2N4/c1-3-11-13(18-8-10(2)20-11)19-9-14(15,16)12-6-4-5-7-17-12/h4-8H,3,9H2,1-2H3,(H,18,19). The van der Waals surface area contributed by atoms with Crippen LogP contribution in [0.25, 0.3) is 0 Å². The minimum atomic E-state index is -3.06. The highest BCUT2D eigenvalue weighted by Gasteiger charge is 2.33. The minimum Gasteiger partial charge on any atom is -0.362 e. The van der Waals surface area contributed by atoms with E-state index in [-0.39, 0.29) is 5.69 Å². The number of hydrogen-bond acceptors (Lipinski definition) is 4. The molecular weight excluding hydrogens is 262 g/mol. The van der Waals surface area contributed by atoms with Crippen molar-refractivity contribution in [2.45, 2.75) is 26.2 Å². The van der Waals surface area contributed by atoms with Gasteiger partial charge in [0, 0.05) is 6.20 Å². The number of anilines is 1. The summed E-state index contributed by atoms with van der Waals surface area (Å²) >= 11 is 0. The van der Waals surface area contributed by atoms with Crippen LogP contribution in [0.1, 0.15) is 24.0 Å². The zero-order valence-corrected chi connectivity index (χ0v) is 11.4. The summed E-state index contributed by atoms with van der Waals surface area (Å²) in [4.78, 5) is 12.1. The molecule has 0 saturated carbocycles. The van der Waals surface area contributed by atoms with Crippen molar-refractivity contribution in [2.75, 3.05) is 11.9 Å². The van der Waals surface area contributed by atoms with Crippen molar-refractivity contribution in [2.24, 2.45) is 0 Å². The molecule has 2 aromatic rings. The van der Waals surface area contributed by atoms with E-state index in [2.05, 4.69) is 20.3 Å². The molecule has 2 aromatic heterocycles. The normalized spacial score (nSPS) is 11.4. The van der Waals surface area contributed by atoms with Crippen molar-refractivity contribution in [1.29, 1.82) is 0 Å². The predicted molar refractivity (Wildman–Crippen MR) is 72.8 cm³/mol. The van der Waals surface area contributed by atoms with Crippen molar-refractivity contribution < 1.29 is 8.78 Å². The highest BCUT2D eigenvalue weighted by molar-refractivity contribution is 5.40. The third-order valence-electron chi connectivity index (χ3n) is 2.82. The molecule has 1 N–H and O–H groups in total. The van der Waals surface area contributed by atoms with E-state index in [0.717, 1.165) is 5.69 Å². The lowest BCUT2D eigenvalue weighted by atomic mass is 10.2. The molecule has 0 saturated heterocycles. The Hall–Kier alpha value is -2.11. The second-order valence-corrected chi connectivity index (χ2v) is 4.43. The number of alkyl halides is 2. The van der Waals surface area contributed by atoms with Crippen LogP contribution in [0.15, 0.2) is 30.6 Å². The van der Waals surface area contributed by atoms with Crippen LogP contribution in [0.3, 0.4) is 0 Å². The largest absolute Gasteiger partial charge is 0.362 e. The first-order chi connectivity index (χ1) is 9.53. The van der Waals surface area contributed by atoms with E-state index in [1.54, 1.807) is 18.3 Å². The van der Waals surface area contributed by atoms with Gasteiger partial charge in [0.15, 0.2) is 0 Å². The van der Waals surface area contributed by atoms with E-state index in [4.69, 9.17) is 0 Å². The number of pyridine rings is 1. The van der Waals surface area contributed by atoms with Crippen LogP contribution in [-0.2, 0) is 12.3 Å². The van der Waals surface area contributed by atoms with Crippen molar-refractivity contribution >= 4 is 5.82 Å². The molecule has 2 rings (SSSR count). The fraction of sp³-hybridized carbons (Fsp3) is 0.357. The molecule has 0 aliphatic carbocycles. The first-order valence-electron chi connectivity index (χ1n) is 6.38. The maximum Gasteiger partial charge on any atom is 0.306 e. The van der Waals surface area contributed by atoms with Gasteiger partial charge >= 0.3 is 5.92 Å². The number of nitrogens with zero attached hydrogens (tertiary/aromatic N) is 3. The first kappa shape index (κ1) is 14.3. The van der Waals surface area contributed by atoms with Gasteiger partial charge in [-0.3, -0.25) is 9.97 Å². The number of rotatable bonds is 5. The Kier molecular flexibility index (Phi) is 4.22. The van der Waals surface area contributed by atoms with Crippen LogP contribution in [0.2, 0.25) is 0 Å². The van der Waals surface area contributed by atoms with Crippen LogP contribution in [0.4, 0.5) is 14.6 Å². The maximum absolute atomic E-state index is 14.0. The molecule has 0 unspecified atom stereocenters. The summed E-state index contributed by atoms with van der Waals surface area (Å²) in [5, 5.41) is 2.67. The molecule has 20 heavy (non-hydrogen) atoms. The Morgan fingerprint density at radius 2 is 2.05 bits per heavy atom. The summed E-state index contributed by atoms with van der Waals surface area (Å²) in [7, 11) is 0. The molecule has 0 aliphatic rings. The lowest BCUT2D eigenvalue weighted by molar-refractivity contribution is 0.00590. The van der Waals surface area contributed by atoms with Crippen molar-refractivity contribution in [3.63, 3.8) is 0 Å². The lowest BCUT2D eigenvalue weighted by Crippen LogP contribution is -2.26. The van der Waals surface area contributed by atoms with Crippen molar-refractivity contribution in [1.82, 2.24) is 15.0 Å². The summed E-state index contributed by atoms with van der Waals surface area (Å²) in [6, 6.07) is 4.45. The Bertz CT molecular complexity index is 573. The second kappa shape index (κ2) is 5.90. The Balaban J connectivity index is 2.12. The van der Waals surface area contributed by atoms with Gasteiger partial charge in [-0.05, 0) is 25.5 Å². The highest BCUT2D eigenvalue weighted by Crippen LogP contribution is 2.26. The van der Waals surface area contributed by atoms with Crippen LogP contribution < -0.4 is 5.32 Å². The molecular formula is C14H16F2N4. The number of aromatic nitrogens is 3. The fourth-order valence-electron chi connectivity index (χ4n) is 1.79. The van der Waals surface area contributed by atoms with Gasteiger partial charge in [-0.1, -0.05) is 13.0 Å². The number of aryl methyl sites for hydroxylation is 2.